The largest absolute Gasteiger partial charge is 0.329 e. The molecule has 0 atom stereocenters. The summed E-state index contributed by atoms with van der Waals surface area (Å²) in [6.07, 6.45) is 6.54. The van der Waals surface area contributed by atoms with Crippen molar-refractivity contribution in [3.63, 3.8) is 0 Å². The number of hydrogen-bond acceptors (Lipinski definition) is 2. The lowest BCUT2D eigenvalue weighted by Crippen LogP contribution is -2.18. The summed E-state index contributed by atoms with van der Waals surface area (Å²) in [6, 6.07) is 15.8. The van der Waals surface area contributed by atoms with Gasteiger partial charge in [-0.25, -0.2) is 4.98 Å². The fourth-order valence-electron chi connectivity index (χ4n) is 2.79. The molecule has 1 N–H and O–H groups in total. The van der Waals surface area contributed by atoms with Crippen LogP contribution in [0.2, 0.25) is 0 Å². The van der Waals surface area contributed by atoms with Crippen molar-refractivity contribution >= 4 is 10.8 Å². The van der Waals surface area contributed by atoms with E-state index < -0.39 is 0 Å². The van der Waals surface area contributed by atoms with Crippen LogP contribution in [-0.2, 0) is 13.1 Å². The van der Waals surface area contributed by atoms with E-state index in [0.717, 1.165) is 19.1 Å². The van der Waals surface area contributed by atoms with Crippen molar-refractivity contribution < 1.29 is 0 Å². The average Bonchev–Trinajstić information content (AvgIpc) is 3.25. The third kappa shape index (κ3) is 2.69. The van der Waals surface area contributed by atoms with Crippen LogP contribution >= 0.6 is 0 Å². The zero-order valence-corrected chi connectivity index (χ0v) is 12.0. The van der Waals surface area contributed by atoms with Gasteiger partial charge in [-0.05, 0) is 29.2 Å². The third-order valence-electron chi connectivity index (χ3n) is 4.17. The van der Waals surface area contributed by atoms with Crippen LogP contribution in [0, 0.1) is 0 Å². The van der Waals surface area contributed by atoms with Crippen molar-refractivity contribution in [3.05, 3.63) is 66.2 Å². The van der Waals surface area contributed by atoms with Gasteiger partial charge >= 0.3 is 0 Å². The molecule has 1 aromatic heterocycles. The first-order valence-corrected chi connectivity index (χ1v) is 7.59. The second-order valence-electron chi connectivity index (χ2n) is 5.81. The average molecular weight is 277 g/mol. The number of aromatic nitrogens is 2. The second kappa shape index (κ2) is 5.34. The van der Waals surface area contributed by atoms with E-state index in [2.05, 4.69) is 57.3 Å². The molecular weight excluding hydrogens is 258 g/mol. The smallest absolute Gasteiger partial charge is 0.0951 e. The van der Waals surface area contributed by atoms with Crippen LogP contribution in [0.3, 0.4) is 0 Å². The molecule has 3 aromatic rings. The van der Waals surface area contributed by atoms with Crippen LogP contribution in [-0.4, -0.2) is 15.6 Å². The fourth-order valence-corrected chi connectivity index (χ4v) is 2.79. The number of nitrogens with zero attached hydrogens (tertiary/aromatic N) is 2. The number of imidazole rings is 1. The molecule has 1 aliphatic rings. The lowest BCUT2D eigenvalue weighted by atomic mass is 10.0. The molecule has 3 heteroatoms. The molecule has 1 fully saturated rings. The molecule has 21 heavy (non-hydrogen) atoms. The Morgan fingerprint density at radius 3 is 2.86 bits per heavy atom. The summed E-state index contributed by atoms with van der Waals surface area (Å²) in [6.45, 7) is 1.79. The van der Waals surface area contributed by atoms with E-state index in [9.17, 15) is 0 Å². The molecule has 0 bridgehead atoms. The minimum atomic E-state index is 0.728. The minimum absolute atomic E-state index is 0.728. The highest BCUT2D eigenvalue weighted by molar-refractivity contribution is 5.85. The van der Waals surface area contributed by atoms with E-state index >= 15 is 0 Å². The molecule has 0 amide bonds. The molecule has 0 unspecified atom stereocenters. The molecule has 2 aromatic carbocycles. The molecule has 0 radical (unpaired) electrons. The summed E-state index contributed by atoms with van der Waals surface area (Å²) < 4.78 is 2.25. The van der Waals surface area contributed by atoms with Gasteiger partial charge in [-0.2, -0.15) is 0 Å². The number of fused-ring (bicyclic) bond motifs is 1. The molecule has 1 saturated carbocycles. The van der Waals surface area contributed by atoms with Crippen LogP contribution in [0.5, 0.6) is 0 Å². The summed E-state index contributed by atoms with van der Waals surface area (Å²) in [5, 5.41) is 6.19. The number of rotatable bonds is 5. The van der Waals surface area contributed by atoms with Crippen molar-refractivity contribution in [3.8, 4) is 0 Å². The molecular formula is C18H19N3. The zero-order chi connectivity index (χ0) is 14.1. The highest BCUT2D eigenvalue weighted by Gasteiger charge is 2.20. The number of nitrogens with one attached hydrogen (secondary N) is 1. The normalized spacial score (nSPS) is 14.7. The van der Waals surface area contributed by atoms with Crippen LogP contribution in [0.15, 0.2) is 55.0 Å². The van der Waals surface area contributed by atoms with E-state index in [1.165, 1.54) is 34.9 Å². The molecule has 4 rings (SSSR count). The van der Waals surface area contributed by atoms with Crippen LogP contribution in [0.4, 0.5) is 0 Å². The lowest BCUT2D eigenvalue weighted by Gasteiger charge is -2.11. The van der Waals surface area contributed by atoms with Crippen LogP contribution in [0.1, 0.15) is 24.1 Å². The van der Waals surface area contributed by atoms with Gasteiger partial charge in [0.15, 0.2) is 0 Å². The Kier molecular flexibility index (Phi) is 3.20. The van der Waals surface area contributed by atoms with Gasteiger partial charge in [-0.15, -0.1) is 0 Å². The Morgan fingerprint density at radius 1 is 1.10 bits per heavy atom. The van der Waals surface area contributed by atoms with Crippen molar-refractivity contribution in [2.75, 3.05) is 0 Å². The maximum absolute atomic E-state index is 4.32. The summed E-state index contributed by atoms with van der Waals surface area (Å²) in [5.74, 6) is 0. The van der Waals surface area contributed by atoms with Gasteiger partial charge in [0.2, 0.25) is 0 Å². The van der Waals surface area contributed by atoms with Gasteiger partial charge in [0.1, 0.15) is 0 Å². The molecule has 0 spiro atoms. The quantitative estimate of drug-likeness (QED) is 0.775. The summed E-state index contributed by atoms with van der Waals surface area (Å²) in [4.78, 5) is 4.32. The van der Waals surface area contributed by atoms with E-state index in [1.807, 2.05) is 12.5 Å². The Hall–Kier alpha value is -2.13. The summed E-state index contributed by atoms with van der Waals surface area (Å²) in [5.41, 5.74) is 2.61. The number of hydrogen-bond donors (Lipinski definition) is 1. The predicted octanol–water partition coefficient (Wildman–Crippen LogP) is 3.34. The van der Waals surface area contributed by atoms with Crippen molar-refractivity contribution in [2.24, 2.45) is 0 Å². The van der Waals surface area contributed by atoms with Gasteiger partial charge in [-0.3, -0.25) is 0 Å². The minimum Gasteiger partial charge on any atom is -0.329 e. The molecule has 3 nitrogen and oxygen atoms in total. The zero-order valence-electron chi connectivity index (χ0n) is 12.0. The maximum Gasteiger partial charge on any atom is 0.0951 e. The third-order valence-corrected chi connectivity index (χ3v) is 4.17. The van der Waals surface area contributed by atoms with Gasteiger partial charge in [0.05, 0.1) is 12.0 Å². The van der Waals surface area contributed by atoms with Gasteiger partial charge in [0.25, 0.3) is 0 Å². The highest BCUT2D eigenvalue weighted by atomic mass is 15.1. The summed E-state index contributed by atoms with van der Waals surface area (Å²) >= 11 is 0. The van der Waals surface area contributed by atoms with Crippen molar-refractivity contribution in [2.45, 2.75) is 32.0 Å². The van der Waals surface area contributed by atoms with Crippen molar-refractivity contribution in [1.82, 2.24) is 14.9 Å². The van der Waals surface area contributed by atoms with Gasteiger partial charge in [-0.1, -0.05) is 42.5 Å². The first-order chi connectivity index (χ1) is 10.4. The predicted molar refractivity (Wildman–Crippen MR) is 85.1 cm³/mol. The summed E-state index contributed by atoms with van der Waals surface area (Å²) in [7, 11) is 0. The first-order valence-electron chi connectivity index (χ1n) is 7.59. The molecule has 106 valence electrons. The molecule has 1 aliphatic carbocycles. The fraction of sp³-hybridized carbons (Fsp3) is 0.278. The van der Waals surface area contributed by atoms with Crippen LogP contribution < -0.4 is 5.32 Å². The van der Waals surface area contributed by atoms with Crippen molar-refractivity contribution in [1.29, 1.82) is 0 Å². The van der Waals surface area contributed by atoms with E-state index in [-0.39, 0.29) is 0 Å². The lowest BCUT2D eigenvalue weighted by molar-refractivity contribution is 0.635. The molecule has 1 heterocycles. The SMILES string of the molecule is c1ccc2c(Cn3cncc3CNC3CC3)cccc2c1. The van der Waals surface area contributed by atoms with E-state index in [4.69, 9.17) is 0 Å². The number of benzene rings is 2. The standard InChI is InChI=1S/C18H19N3/c1-2-7-18-14(4-1)5-3-6-15(18)12-21-13-19-10-17(21)11-20-16-8-9-16/h1-7,10,13,16,20H,8-9,11-12H2. The molecule has 0 saturated heterocycles. The Bertz CT molecular complexity index is 751. The second-order valence-corrected chi connectivity index (χ2v) is 5.81. The highest BCUT2D eigenvalue weighted by Crippen LogP contribution is 2.21. The monoisotopic (exact) mass is 277 g/mol. The topological polar surface area (TPSA) is 29.9 Å². The Labute approximate surface area is 124 Å². The Balaban J connectivity index is 1.61. The Morgan fingerprint density at radius 2 is 1.95 bits per heavy atom. The maximum atomic E-state index is 4.32. The molecule has 0 aliphatic heterocycles. The van der Waals surface area contributed by atoms with Gasteiger partial charge < -0.3 is 9.88 Å². The van der Waals surface area contributed by atoms with E-state index in [1.54, 1.807) is 0 Å². The first kappa shape index (κ1) is 12.6. The van der Waals surface area contributed by atoms with Crippen LogP contribution in [0.25, 0.3) is 10.8 Å². The van der Waals surface area contributed by atoms with E-state index in [0.29, 0.717) is 0 Å². The van der Waals surface area contributed by atoms with Gasteiger partial charge in [0, 0.05) is 25.3 Å².